The van der Waals surface area contributed by atoms with Crippen LogP contribution in [0.15, 0.2) is 12.1 Å². The van der Waals surface area contributed by atoms with Crippen LogP contribution in [0.1, 0.15) is 63.1 Å². The smallest absolute Gasteiger partial charge is 0.310 e. The number of esters is 1. The second-order valence-corrected chi connectivity index (χ2v) is 10.4. The van der Waals surface area contributed by atoms with Crippen LogP contribution in [-0.4, -0.2) is 50.8 Å². The molecular weight excluding hydrogens is 404 g/mol. The van der Waals surface area contributed by atoms with Crippen LogP contribution in [0, 0.1) is 23.7 Å². The lowest BCUT2D eigenvalue weighted by Gasteiger charge is -2.47. The molecule has 1 aromatic carbocycles. The van der Waals surface area contributed by atoms with Crippen LogP contribution in [0.5, 0.6) is 11.5 Å². The van der Waals surface area contributed by atoms with E-state index in [1.165, 1.54) is 11.1 Å². The van der Waals surface area contributed by atoms with E-state index in [0.717, 1.165) is 63.1 Å². The van der Waals surface area contributed by atoms with Gasteiger partial charge in [-0.3, -0.25) is 9.69 Å². The summed E-state index contributed by atoms with van der Waals surface area (Å²) in [5.74, 6) is 2.90. The van der Waals surface area contributed by atoms with E-state index in [0.29, 0.717) is 30.4 Å². The lowest BCUT2D eigenvalue weighted by Crippen LogP contribution is -2.47. The number of hydrogen-bond donors (Lipinski definition) is 1. The third-order valence-corrected chi connectivity index (χ3v) is 7.86. The number of hydrogen-bond acceptors (Lipinski definition) is 6. The predicted molar refractivity (Wildman–Crippen MR) is 125 cm³/mol. The molecule has 0 aromatic heterocycles. The topological polar surface area (TPSA) is 74.0 Å². The van der Waals surface area contributed by atoms with Gasteiger partial charge in [0.05, 0.1) is 26.7 Å². The summed E-state index contributed by atoms with van der Waals surface area (Å²) in [6.07, 6.45) is 6.01. The SMILES string of the molecule is COc1cc2c(cc1OC)C1CC(COC(=O)C3CCCC3N)C(CC(C)C)CN1CC2. The zero-order valence-corrected chi connectivity index (χ0v) is 20.1. The van der Waals surface area contributed by atoms with Crippen molar-refractivity contribution in [3.8, 4) is 11.5 Å². The number of nitrogens with zero attached hydrogens (tertiary/aromatic N) is 1. The lowest BCUT2D eigenvalue weighted by molar-refractivity contribution is -0.152. The van der Waals surface area contributed by atoms with E-state index in [2.05, 4.69) is 30.9 Å². The summed E-state index contributed by atoms with van der Waals surface area (Å²) in [6, 6.07) is 4.60. The van der Waals surface area contributed by atoms with Crippen molar-refractivity contribution in [3.05, 3.63) is 23.3 Å². The first-order valence-electron chi connectivity index (χ1n) is 12.3. The Morgan fingerprint density at radius 2 is 1.91 bits per heavy atom. The van der Waals surface area contributed by atoms with Gasteiger partial charge in [-0.1, -0.05) is 20.3 Å². The molecule has 6 heteroatoms. The third-order valence-electron chi connectivity index (χ3n) is 7.86. The summed E-state index contributed by atoms with van der Waals surface area (Å²) >= 11 is 0. The van der Waals surface area contributed by atoms with Gasteiger partial charge in [0.1, 0.15) is 0 Å². The highest BCUT2D eigenvalue weighted by Gasteiger charge is 2.40. The van der Waals surface area contributed by atoms with Crippen molar-refractivity contribution in [2.24, 2.45) is 29.4 Å². The van der Waals surface area contributed by atoms with Gasteiger partial charge in [0, 0.05) is 25.2 Å². The molecule has 1 aromatic rings. The molecule has 2 heterocycles. The lowest BCUT2D eigenvalue weighted by atomic mass is 9.74. The molecule has 178 valence electrons. The summed E-state index contributed by atoms with van der Waals surface area (Å²) in [4.78, 5) is 15.4. The number of carbonyl (C=O) groups excluding carboxylic acids is 1. The molecule has 0 radical (unpaired) electrons. The number of methoxy groups -OCH3 is 2. The first kappa shape index (κ1) is 23.4. The fourth-order valence-electron chi connectivity index (χ4n) is 6.16. The predicted octanol–water partition coefficient (Wildman–Crippen LogP) is 3.96. The molecule has 32 heavy (non-hydrogen) atoms. The number of nitrogens with two attached hydrogens (primary N) is 1. The quantitative estimate of drug-likeness (QED) is 0.642. The van der Waals surface area contributed by atoms with E-state index < -0.39 is 0 Å². The van der Waals surface area contributed by atoms with Crippen molar-refractivity contribution in [1.29, 1.82) is 0 Å². The summed E-state index contributed by atoms with van der Waals surface area (Å²) in [6.45, 7) is 7.20. The van der Waals surface area contributed by atoms with Gasteiger partial charge in [0.25, 0.3) is 0 Å². The number of carbonyl (C=O) groups is 1. The molecule has 0 spiro atoms. The van der Waals surface area contributed by atoms with E-state index in [9.17, 15) is 4.79 Å². The van der Waals surface area contributed by atoms with Crippen LogP contribution in [0.2, 0.25) is 0 Å². The minimum atomic E-state index is -0.120. The van der Waals surface area contributed by atoms with E-state index in [-0.39, 0.29) is 17.9 Å². The van der Waals surface area contributed by atoms with Crippen molar-refractivity contribution < 1.29 is 19.0 Å². The standard InChI is InChI=1S/C26H40N2O4/c1-16(2)10-18-14-28-9-8-17-12-24(30-3)25(31-4)13-21(17)23(28)11-19(18)15-32-26(29)20-6-5-7-22(20)27/h12-13,16,18-20,22-23H,5-11,14-15,27H2,1-4H3. The van der Waals surface area contributed by atoms with Gasteiger partial charge in [-0.15, -0.1) is 0 Å². The van der Waals surface area contributed by atoms with Gasteiger partial charge < -0.3 is 19.9 Å². The number of piperidine rings is 1. The van der Waals surface area contributed by atoms with Crippen molar-refractivity contribution in [2.45, 2.75) is 64.5 Å². The molecule has 6 nitrogen and oxygen atoms in total. The molecule has 0 amide bonds. The van der Waals surface area contributed by atoms with Gasteiger partial charge >= 0.3 is 5.97 Å². The summed E-state index contributed by atoms with van der Waals surface area (Å²) in [5.41, 5.74) is 8.83. The van der Waals surface area contributed by atoms with Crippen LogP contribution in [0.4, 0.5) is 0 Å². The maximum atomic E-state index is 12.7. The van der Waals surface area contributed by atoms with Gasteiger partial charge in [0.2, 0.25) is 0 Å². The van der Waals surface area contributed by atoms with Gasteiger partial charge in [-0.2, -0.15) is 0 Å². The second-order valence-electron chi connectivity index (χ2n) is 10.4. The molecular formula is C26H40N2O4. The summed E-state index contributed by atoms with van der Waals surface area (Å²) in [5, 5.41) is 0. The number of ether oxygens (including phenoxy) is 3. The summed E-state index contributed by atoms with van der Waals surface area (Å²) < 4.78 is 17.1. The molecule has 2 fully saturated rings. The van der Waals surface area contributed by atoms with Crippen LogP contribution in [0.3, 0.4) is 0 Å². The van der Waals surface area contributed by atoms with E-state index in [1.54, 1.807) is 14.2 Å². The maximum Gasteiger partial charge on any atom is 0.310 e. The Hall–Kier alpha value is -1.79. The zero-order valence-electron chi connectivity index (χ0n) is 20.1. The largest absolute Gasteiger partial charge is 0.493 e. The first-order valence-corrected chi connectivity index (χ1v) is 12.3. The van der Waals surface area contributed by atoms with Gasteiger partial charge in [-0.05, 0) is 73.1 Å². The zero-order chi connectivity index (χ0) is 22.8. The minimum absolute atomic E-state index is 0.0384. The fourth-order valence-corrected chi connectivity index (χ4v) is 6.16. The Morgan fingerprint density at radius 3 is 2.56 bits per heavy atom. The highest BCUT2D eigenvalue weighted by Crippen LogP contribution is 2.45. The van der Waals surface area contributed by atoms with Crippen molar-refractivity contribution in [2.75, 3.05) is 33.9 Å². The maximum absolute atomic E-state index is 12.7. The Labute approximate surface area is 192 Å². The van der Waals surface area contributed by atoms with E-state index in [1.807, 2.05) is 0 Å². The van der Waals surface area contributed by atoms with E-state index in [4.69, 9.17) is 19.9 Å². The Balaban J connectivity index is 1.52. The number of fused-ring (bicyclic) bond motifs is 3. The highest BCUT2D eigenvalue weighted by molar-refractivity contribution is 5.73. The van der Waals surface area contributed by atoms with Crippen LogP contribution in [-0.2, 0) is 16.0 Å². The van der Waals surface area contributed by atoms with Crippen LogP contribution < -0.4 is 15.2 Å². The minimum Gasteiger partial charge on any atom is -0.493 e. The molecule has 1 saturated carbocycles. The second kappa shape index (κ2) is 10.0. The molecule has 5 unspecified atom stereocenters. The third kappa shape index (κ3) is 4.76. The average molecular weight is 445 g/mol. The van der Waals surface area contributed by atoms with E-state index >= 15 is 0 Å². The normalized spacial score (nSPS) is 30.0. The Bertz CT molecular complexity index is 811. The monoisotopic (exact) mass is 444 g/mol. The van der Waals surface area contributed by atoms with Gasteiger partial charge in [-0.25, -0.2) is 0 Å². The molecule has 3 aliphatic rings. The number of rotatable bonds is 7. The van der Waals surface area contributed by atoms with Crippen molar-refractivity contribution in [3.63, 3.8) is 0 Å². The first-order chi connectivity index (χ1) is 15.4. The highest BCUT2D eigenvalue weighted by atomic mass is 16.5. The molecule has 2 N–H and O–H groups in total. The van der Waals surface area contributed by atoms with Crippen molar-refractivity contribution in [1.82, 2.24) is 4.90 Å². The molecule has 5 atom stereocenters. The molecule has 1 aliphatic carbocycles. The summed E-state index contributed by atoms with van der Waals surface area (Å²) in [7, 11) is 3.39. The molecule has 4 rings (SSSR count). The molecule has 1 saturated heterocycles. The Morgan fingerprint density at radius 1 is 1.16 bits per heavy atom. The van der Waals surface area contributed by atoms with Crippen LogP contribution in [0.25, 0.3) is 0 Å². The fraction of sp³-hybridized carbons (Fsp3) is 0.731. The number of benzene rings is 1. The average Bonchev–Trinajstić information content (AvgIpc) is 3.21. The molecule has 0 bridgehead atoms. The molecule has 2 aliphatic heterocycles. The van der Waals surface area contributed by atoms with Gasteiger partial charge in [0.15, 0.2) is 11.5 Å². The van der Waals surface area contributed by atoms with Crippen molar-refractivity contribution >= 4 is 5.97 Å². The Kier molecular flexibility index (Phi) is 7.30. The van der Waals surface area contributed by atoms with Crippen LogP contribution >= 0.6 is 0 Å².